The molecule has 136 valence electrons. The molecule has 0 aliphatic carbocycles. The fourth-order valence-electron chi connectivity index (χ4n) is 3.23. The van der Waals surface area contributed by atoms with Crippen LogP contribution < -0.4 is 16.0 Å². The minimum absolute atomic E-state index is 0.0364. The molecule has 2 saturated heterocycles. The maximum Gasteiger partial charge on any atom is 0.319 e. The van der Waals surface area contributed by atoms with E-state index < -0.39 is 24.9 Å². The summed E-state index contributed by atoms with van der Waals surface area (Å²) in [6, 6.07) is 8.00. The van der Waals surface area contributed by atoms with Crippen molar-refractivity contribution in [1.29, 1.82) is 0 Å². The molecular weight excluding hydrogens is 330 g/mol. The van der Waals surface area contributed by atoms with Crippen LogP contribution in [-0.2, 0) is 4.79 Å². The molecule has 1 aromatic rings. The topological polar surface area (TPSA) is 73.5 Å². The summed E-state index contributed by atoms with van der Waals surface area (Å²) in [6.07, 6.45) is 0.775. The largest absolute Gasteiger partial charge is 0.341 e. The van der Waals surface area contributed by atoms with Gasteiger partial charge in [-0.1, -0.05) is 18.2 Å². The number of amides is 3. The fraction of sp³-hybridized carbons (Fsp3) is 0.529. The fourth-order valence-corrected chi connectivity index (χ4v) is 3.23. The van der Waals surface area contributed by atoms with E-state index in [1.807, 2.05) is 18.2 Å². The van der Waals surface area contributed by atoms with Crippen LogP contribution in [0.25, 0.3) is 0 Å². The standard InChI is InChI=1S/C17H22F2N4O2/c18-17(19)10-14(20-11-17)15(24)23-8-6-13(7-9-23)22-16(25)21-12-4-2-1-3-5-12/h1-5,13-14,20H,6-11H2,(H2,21,22,25). The van der Waals surface area contributed by atoms with Crippen molar-refractivity contribution in [3.63, 3.8) is 0 Å². The average Bonchev–Trinajstić information content (AvgIpc) is 2.96. The second-order valence-electron chi connectivity index (χ2n) is 6.56. The number of carbonyl (C=O) groups is 2. The Morgan fingerprint density at radius 2 is 1.84 bits per heavy atom. The molecule has 0 spiro atoms. The predicted molar refractivity (Wildman–Crippen MR) is 89.6 cm³/mol. The highest BCUT2D eigenvalue weighted by Gasteiger charge is 2.43. The van der Waals surface area contributed by atoms with E-state index in [9.17, 15) is 18.4 Å². The molecule has 2 fully saturated rings. The van der Waals surface area contributed by atoms with Crippen molar-refractivity contribution in [2.45, 2.75) is 37.3 Å². The Bertz CT molecular complexity index is 618. The monoisotopic (exact) mass is 352 g/mol. The molecule has 2 aliphatic heterocycles. The summed E-state index contributed by atoms with van der Waals surface area (Å²) in [6.45, 7) is 0.471. The number of carbonyl (C=O) groups excluding carboxylic acids is 2. The summed E-state index contributed by atoms with van der Waals surface area (Å²) in [7, 11) is 0. The Morgan fingerprint density at radius 3 is 2.44 bits per heavy atom. The van der Waals surface area contributed by atoms with Gasteiger partial charge in [-0.15, -0.1) is 0 Å². The summed E-state index contributed by atoms with van der Waals surface area (Å²) in [5, 5.41) is 8.23. The van der Waals surface area contributed by atoms with Crippen LogP contribution in [0, 0.1) is 0 Å². The Morgan fingerprint density at radius 1 is 1.16 bits per heavy atom. The summed E-state index contributed by atoms with van der Waals surface area (Å²) in [5.74, 6) is -3.08. The second-order valence-corrected chi connectivity index (χ2v) is 6.56. The van der Waals surface area contributed by atoms with Crippen LogP contribution in [0.4, 0.5) is 19.3 Å². The van der Waals surface area contributed by atoms with Crippen LogP contribution in [0.1, 0.15) is 19.3 Å². The SMILES string of the molecule is O=C(Nc1ccccc1)NC1CCN(C(=O)C2CC(F)(F)CN2)CC1. The van der Waals surface area contributed by atoms with Crippen molar-refractivity contribution in [2.75, 3.05) is 25.0 Å². The third-order valence-corrected chi connectivity index (χ3v) is 4.58. The van der Waals surface area contributed by atoms with Crippen LogP contribution in [0.5, 0.6) is 0 Å². The zero-order valence-corrected chi connectivity index (χ0v) is 13.8. The molecule has 2 heterocycles. The van der Waals surface area contributed by atoms with Crippen molar-refractivity contribution in [1.82, 2.24) is 15.5 Å². The second kappa shape index (κ2) is 7.35. The first-order chi connectivity index (χ1) is 11.9. The number of hydrogen-bond acceptors (Lipinski definition) is 3. The summed E-state index contributed by atoms with van der Waals surface area (Å²) >= 11 is 0. The number of hydrogen-bond donors (Lipinski definition) is 3. The smallest absolute Gasteiger partial charge is 0.319 e. The van der Waals surface area contributed by atoms with E-state index in [0.29, 0.717) is 31.6 Å². The zero-order chi connectivity index (χ0) is 17.9. The lowest BCUT2D eigenvalue weighted by molar-refractivity contribution is -0.134. The molecule has 3 amide bonds. The van der Waals surface area contributed by atoms with E-state index >= 15 is 0 Å². The number of rotatable bonds is 3. The van der Waals surface area contributed by atoms with Gasteiger partial charge in [0.1, 0.15) is 0 Å². The maximum atomic E-state index is 13.2. The first-order valence-corrected chi connectivity index (χ1v) is 8.45. The first kappa shape index (κ1) is 17.6. The molecule has 1 aromatic carbocycles. The number of piperidine rings is 1. The molecule has 0 aromatic heterocycles. The van der Waals surface area contributed by atoms with Gasteiger partial charge in [0.15, 0.2) is 0 Å². The van der Waals surface area contributed by atoms with Gasteiger partial charge in [-0.3, -0.25) is 10.1 Å². The van der Waals surface area contributed by atoms with Gasteiger partial charge in [0.2, 0.25) is 5.91 Å². The molecular formula is C17H22F2N4O2. The predicted octanol–water partition coefficient (Wildman–Crippen LogP) is 1.80. The number of nitrogens with one attached hydrogen (secondary N) is 3. The molecule has 3 rings (SSSR count). The lowest BCUT2D eigenvalue weighted by atomic mass is 10.0. The van der Waals surface area contributed by atoms with E-state index in [1.165, 1.54) is 0 Å². The molecule has 1 atom stereocenters. The number of likely N-dealkylation sites (tertiary alicyclic amines) is 1. The Hall–Kier alpha value is -2.22. The van der Waals surface area contributed by atoms with Gasteiger partial charge in [-0.2, -0.15) is 0 Å². The van der Waals surface area contributed by atoms with Crippen molar-refractivity contribution >= 4 is 17.6 Å². The van der Waals surface area contributed by atoms with Gasteiger partial charge in [0.05, 0.1) is 12.6 Å². The Balaban J connectivity index is 1.43. The summed E-state index contributed by atoms with van der Waals surface area (Å²) in [4.78, 5) is 25.9. The van der Waals surface area contributed by atoms with E-state index in [0.717, 1.165) is 0 Å². The molecule has 25 heavy (non-hydrogen) atoms. The average molecular weight is 352 g/mol. The van der Waals surface area contributed by atoms with E-state index in [1.54, 1.807) is 17.0 Å². The number of urea groups is 1. The highest BCUT2D eigenvalue weighted by molar-refractivity contribution is 5.89. The maximum absolute atomic E-state index is 13.2. The van der Waals surface area contributed by atoms with Crippen molar-refractivity contribution in [2.24, 2.45) is 0 Å². The highest BCUT2D eigenvalue weighted by Crippen LogP contribution is 2.26. The number of anilines is 1. The molecule has 1 unspecified atom stereocenters. The molecule has 0 saturated carbocycles. The Kier molecular flexibility index (Phi) is 5.17. The normalized spacial score (nSPS) is 23.3. The van der Waals surface area contributed by atoms with Crippen LogP contribution in [-0.4, -0.2) is 54.5 Å². The minimum atomic E-state index is -2.81. The number of halogens is 2. The van der Waals surface area contributed by atoms with E-state index in [4.69, 9.17) is 0 Å². The van der Waals surface area contributed by atoms with Crippen LogP contribution in [0.3, 0.4) is 0 Å². The Labute approximate surface area is 144 Å². The molecule has 6 nitrogen and oxygen atoms in total. The zero-order valence-electron chi connectivity index (χ0n) is 13.8. The van der Waals surface area contributed by atoms with Gasteiger partial charge < -0.3 is 15.5 Å². The van der Waals surface area contributed by atoms with Gasteiger partial charge in [-0.05, 0) is 25.0 Å². The van der Waals surface area contributed by atoms with Gasteiger partial charge in [-0.25, -0.2) is 13.6 Å². The van der Waals surface area contributed by atoms with Crippen LogP contribution >= 0.6 is 0 Å². The number of nitrogens with zero attached hydrogens (tertiary/aromatic N) is 1. The summed E-state index contributed by atoms with van der Waals surface area (Å²) < 4.78 is 26.4. The van der Waals surface area contributed by atoms with Crippen molar-refractivity contribution < 1.29 is 18.4 Å². The molecule has 3 N–H and O–H groups in total. The third-order valence-electron chi connectivity index (χ3n) is 4.58. The van der Waals surface area contributed by atoms with Gasteiger partial charge in [0.25, 0.3) is 5.92 Å². The van der Waals surface area contributed by atoms with Crippen molar-refractivity contribution in [3.05, 3.63) is 30.3 Å². The van der Waals surface area contributed by atoms with Crippen LogP contribution in [0.2, 0.25) is 0 Å². The van der Waals surface area contributed by atoms with Crippen LogP contribution in [0.15, 0.2) is 30.3 Å². The molecule has 0 bridgehead atoms. The van der Waals surface area contributed by atoms with Gasteiger partial charge in [0, 0.05) is 31.2 Å². The molecule has 2 aliphatic rings. The molecule has 8 heteroatoms. The van der Waals surface area contributed by atoms with E-state index in [-0.39, 0.29) is 18.0 Å². The highest BCUT2D eigenvalue weighted by atomic mass is 19.3. The van der Waals surface area contributed by atoms with E-state index in [2.05, 4.69) is 16.0 Å². The summed E-state index contributed by atoms with van der Waals surface area (Å²) in [5.41, 5.74) is 0.709. The van der Waals surface area contributed by atoms with Gasteiger partial charge >= 0.3 is 6.03 Å². The first-order valence-electron chi connectivity index (χ1n) is 8.45. The lowest BCUT2D eigenvalue weighted by Gasteiger charge is -2.33. The number of benzene rings is 1. The third kappa shape index (κ3) is 4.66. The van der Waals surface area contributed by atoms with Crippen molar-refractivity contribution in [3.8, 4) is 0 Å². The minimum Gasteiger partial charge on any atom is -0.341 e. The lowest BCUT2D eigenvalue weighted by Crippen LogP contribution is -2.51. The quantitative estimate of drug-likeness (QED) is 0.777. The number of para-hydroxylation sites is 1. The molecule has 0 radical (unpaired) electrons. The number of alkyl halides is 2.